The molecule has 1 atom stereocenters. The minimum absolute atomic E-state index is 0.0824. The molecule has 1 unspecified atom stereocenters. The summed E-state index contributed by atoms with van der Waals surface area (Å²) >= 11 is 3.42. The Hall–Kier alpha value is -0.870. The van der Waals surface area contributed by atoms with Crippen molar-refractivity contribution in [3.63, 3.8) is 0 Å². The van der Waals surface area contributed by atoms with Crippen LogP contribution in [0.5, 0.6) is 0 Å². The summed E-state index contributed by atoms with van der Waals surface area (Å²) in [6.45, 7) is 2.80. The Morgan fingerprint density at radius 1 is 1.47 bits per heavy atom. The van der Waals surface area contributed by atoms with Gasteiger partial charge in [-0.15, -0.1) is 0 Å². The summed E-state index contributed by atoms with van der Waals surface area (Å²) in [4.78, 5) is 11.7. The molecule has 0 heterocycles. The number of carbonyl (C=O) groups is 1. The highest BCUT2D eigenvalue weighted by molar-refractivity contribution is 9.10. The number of halogens is 1. The zero-order chi connectivity index (χ0) is 12.7. The van der Waals surface area contributed by atoms with Gasteiger partial charge in [0.2, 0.25) is 0 Å². The highest BCUT2D eigenvalue weighted by Gasteiger charge is 2.14. The summed E-state index contributed by atoms with van der Waals surface area (Å²) in [5.74, 6) is -0.241. The Labute approximate surface area is 110 Å². The molecule has 0 saturated carbocycles. The van der Waals surface area contributed by atoms with Crippen LogP contribution in [-0.2, 0) is 16.1 Å². The number of rotatable bonds is 6. The fraction of sp³-hybridized carbons (Fsp3) is 0.462. The number of hydrogen-bond acceptors (Lipinski definition) is 3. The maximum absolute atomic E-state index is 11.7. The Morgan fingerprint density at radius 2 is 2.18 bits per heavy atom. The third kappa shape index (κ3) is 4.88. The molecule has 0 radical (unpaired) electrons. The Morgan fingerprint density at radius 3 is 2.82 bits per heavy atom. The lowest BCUT2D eigenvalue weighted by Crippen LogP contribution is -2.16. The standard InChI is InChI=1S/C13H18BrNO2/c1-10(5-4-8-15)13(16)17-9-11-6-2-3-7-12(11)14/h2-3,6-7,10H,4-5,8-9,15H2,1H3. The molecule has 1 aromatic carbocycles. The first kappa shape index (κ1) is 14.2. The Bertz CT molecular complexity index is 368. The van der Waals surface area contributed by atoms with Crippen LogP contribution >= 0.6 is 15.9 Å². The molecule has 0 aromatic heterocycles. The van der Waals surface area contributed by atoms with Crippen LogP contribution in [0, 0.1) is 5.92 Å². The van der Waals surface area contributed by atoms with Gasteiger partial charge in [-0.3, -0.25) is 4.79 Å². The van der Waals surface area contributed by atoms with E-state index in [2.05, 4.69) is 15.9 Å². The number of carbonyl (C=O) groups excluding carboxylic acids is 1. The molecule has 2 N–H and O–H groups in total. The van der Waals surface area contributed by atoms with Crippen molar-refractivity contribution < 1.29 is 9.53 Å². The minimum atomic E-state index is -0.158. The lowest BCUT2D eigenvalue weighted by molar-refractivity contribution is -0.149. The molecule has 1 rings (SSSR count). The van der Waals surface area contributed by atoms with Crippen molar-refractivity contribution in [2.75, 3.05) is 6.54 Å². The molecule has 0 saturated heterocycles. The fourth-order valence-corrected chi connectivity index (χ4v) is 1.85. The molecule has 0 bridgehead atoms. The van der Waals surface area contributed by atoms with Crippen LogP contribution in [0.2, 0.25) is 0 Å². The average molecular weight is 300 g/mol. The first-order valence-corrected chi connectivity index (χ1v) is 6.54. The van der Waals surface area contributed by atoms with Crippen molar-refractivity contribution in [2.45, 2.75) is 26.4 Å². The van der Waals surface area contributed by atoms with Gasteiger partial charge in [0.05, 0.1) is 5.92 Å². The van der Waals surface area contributed by atoms with E-state index in [0.717, 1.165) is 22.9 Å². The summed E-state index contributed by atoms with van der Waals surface area (Å²) in [5, 5.41) is 0. The highest BCUT2D eigenvalue weighted by Crippen LogP contribution is 2.17. The number of nitrogens with two attached hydrogens (primary N) is 1. The topological polar surface area (TPSA) is 52.3 Å². The van der Waals surface area contributed by atoms with Crippen LogP contribution in [0.3, 0.4) is 0 Å². The van der Waals surface area contributed by atoms with Crippen molar-refractivity contribution in [1.29, 1.82) is 0 Å². The summed E-state index contributed by atoms with van der Waals surface area (Å²) in [6, 6.07) is 7.72. The van der Waals surface area contributed by atoms with Gasteiger partial charge < -0.3 is 10.5 Å². The van der Waals surface area contributed by atoms with Crippen LogP contribution in [0.25, 0.3) is 0 Å². The van der Waals surface area contributed by atoms with E-state index >= 15 is 0 Å². The normalized spacial score (nSPS) is 12.2. The summed E-state index contributed by atoms with van der Waals surface area (Å²) < 4.78 is 6.22. The van der Waals surface area contributed by atoms with Gasteiger partial charge in [0.25, 0.3) is 0 Å². The predicted molar refractivity (Wildman–Crippen MR) is 71.4 cm³/mol. The summed E-state index contributed by atoms with van der Waals surface area (Å²) in [7, 11) is 0. The van der Waals surface area contributed by atoms with Crippen LogP contribution in [0.15, 0.2) is 28.7 Å². The van der Waals surface area contributed by atoms with E-state index in [9.17, 15) is 4.79 Å². The van der Waals surface area contributed by atoms with Crippen LogP contribution < -0.4 is 5.73 Å². The number of esters is 1. The van der Waals surface area contributed by atoms with E-state index in [1.807, 2.05) is 31.2 Å². The zero-order valence-electron chi connectivity index (χ0n) is 9.99. The Balaban J connectivity index is 2.40. The minimum Gasteiger partial charge on any atom is -0.461 e. The van der Waals surface area contributed by atoms with Crippen molar-refractivity contribution in [3.05, 3.63) is 34.3 Å². The Kier molecular flexibility index (Phi) is 6.22. The molecule has 0 aliphatic heterocycles. The molecule has 0 fully saturated rings. The third-order valence-electron chi connectivity index (χ3n) is 2.57. The van der Waals surface area contributed by atoms with E-state index in [1.54, 1.807) is 0 Å². The third-order valence-corrected chi connectivity index (χ3v) is 3.35. The smallest absolute Gasteiger partial charge is 0.308 e. The molecular weight excluding hydrogens is 282 g/mol. The molecule has 0 aliphatic carbocycles. The van der Waals surface area contributed by atoms with Crippen molar-refractivity contribution >= 4 is 21.9 Å². The van der Waals surface area contributed by atoms with Gasteiger partial charge in [-0.25, -0.2) is 0 Å². The van der Waals surface area contributed by atoms with E-state index < -0.39 is 0 Å². The lowest BCUT2D eigenvalue weighted by atomic mass is 10.1. The second kappa shape index (κ2) is 7.45. The highest BCUT2D eigenvalue weighted by atomic mass is 79.9. The van der Waals surface area contributed by atoms with Gasteiger partial charge in [-0.05, 0) is 25.5 Å². The van der Waals surface area contributed by atoms with E-state index in [4.69, 9.17) is 10.5 Å². The average Bonchev–Trinajstić information content (AvgIpc) is 2.34. The maximum atomic E-state index is 11.7. The van der Waals surface area contributed by atoms with Crippen LogP contribution in [0.1, 0.15) is 25.3 Å². The molecule has 0 aliphatic rings. The number of ether oxygens (including phenoxy) is 1. The van der Waals surface area contributed by atoms with Gasteiger partial charge in [-0.2, -0.15) is 0 Å². The van der Waals surface area contributed by atoms with Crippen LogP contribution in [0.4, 0.5) is 0 Å². The van der Waals surface area contributed by atoms with Crippen molar-refractivity contribution in [1.82, 2.24) is 0 Å². The molecule has 17 heavy (non-hydrogen) atoms. The van der Waals surface area contributed by atoms with Gasteiger partial charge in [-0.1, -0.05) is 41.1 Å². The van der Waals surface area contributed by atoms with E-state index in [0.29, 0.717) is 13.2 Å². The van der Waals surface area contributed by atoms with Gasteiger partial charge in [0.15, 0.2) is 0 Å². The molecule has 0 amide bonds. The molecule has 94 valence electrons. The van der Waals surface area contributed by atoms with E-state index in [-0.39, 0.29) is 11.9 Å². The molecular formula is C13H18BrNO2. The molecule has 4 heteroatoms. The van der Waals surface area contributed by atoms with Gasteiger partial charge in [0, 0.05) is 10.0 Å². The largest absolute Gasteiger partial charge is 0.461 e. The summed E-state index contributed by atoms with van der Waals surface area (Å²) in [5.41, 5.74) is 6.38. The van der Waals surface area contributed by atoms with Gasteiger partial charge >= 0.3 is 5.97 Å². The first-order chi connectivity index (χ1) is 8.15. The van der Waals surface area contributed by atoms with Gasteiger partial charge in [0.1, 0.15) is 6.61 Å². The van der Waals surface area contributed by atoms with Crippen molar-refractivity contribution in [3.8, 4) is 0 Å². The number of benzene rings is 1. The van der Waals surface area contributed by atoms with E-state index in [1.165, 1.54) is 0 Å². The molecule has 3 nitrogen and oxygen atoms in total. The second-order valence-electron chi connectivity index (χ2n) is 4.03. The fourth-order valence-electron chi connectivity index (χ4n) is 1.45. The second-order valence-corrected chi connectivity index (χ2v) is 4.89. The monoisotopic (exact) mass is 299 g/mol. The molecule has 1 aromatic rings. The van der Waals surface area contributed by atoms with Crippen LogP contribution in [-0.4, -0.2) is 12.5 Å². The van der Waals surface area contributed by atoms with Crippen molar-refractivity contribution in [2.24, 2.45) is 11.7 Å². The zero-order valence-corrected chi connectivity index (χ0v) is 11.6. The SMILES string of the molecule is CC(CCCN)C(=O)OCc1ccccc1Br. The number of hydrogen-bond donors (Lipinski definition) is 1. The predicted octanol–water partition coefficient (Wildman–Crippen LogP) is 2.87. The lowest BCUT2D eigenvalue weighted by Gasteiger charge is -2.11. The first-order valence-electron chi connectivity index (χ1n) is 5.75. The maximum Gasteiger partial charge on any atom is 0.308 e. The quantitative estimate of drug-likeness (QED) is 0.822. The summed E-state index contributed by atoms with van der Waals surface area (Å²) in [6.07, 6.45) is 1.64. The molecule has 0 spiro atoms.